The van der Waals surface area contributed by atoms with Crippen LogP contribution in [0.1, 0.15) is 119 Å². The minimum absolute atomic E-state index is 0.0732. The zero-order valence-electron chi connectivity index (χ0n) is 33.0. The number of carbonyl (C=O) groups excluding carboxylic acids is 7. The van der Waals surface area contributed by atoms with Gasteiger partial charge in [-0.2, -0.15) is 0 Å². The number of imide groups is 1. The number of hydrogen-bond acceptors (Lipinski definition) is 8. The molecule has 4 amide bonds. The molecule has 53 heavy (non-hydrogen) atoms. The van der Waals surface area contributed by atoms with E-state index in [9.17, 15) is 33.6 Å². The van der Waals surface area contributed by atoms with Crippen molar-refractivity contribution >= 4 is 41.0 Å². The van der Waals surface area contributed by atoms with Crippen LogP contribution in [0.3, 0.4) is 0 Å². The number of piperidine rings is 2. The third kappa shape index (κ3) is 9.03. The lowest BCUT2D eigenvalue weighted by Gasteiger charge is -2.38. The Bertz CT molecular complexity index is 1440. The van der Waals surface area contributed by atoms with Crippen LogP contribution in [-0.4, -0.2) is 89.2 Å². The van der Waals surface area contributed by atoms with Gasteiger partial charge in [0.05, 0.1) is 18.1 Å². The van der Waals surface area contributed by atoms with E-state index < -0.39 is 41.1 Å². The lowest BCUT2D eigenvalue weighted by molar-refractivity contribution is -0.154. The van der Waals surface area contributed by atoms with Crippen LogP contribution in [0.25, 0.3) is 0 Å². The van der Waals surface area contributed by atoms with Crippen molar-refractivity contribution in [2.75, 3.05) is 26.2 Å². The van der Waals surface area contributed by atoms with Gasteiger partial charge in [0, 0.05) is 63.3 Å². The van der Waals surface area contributed by atoms with Gasteiger partial charge in [-0.15, -0.1) is 6.58 Å². The quantitative estimate of drug-likeness (QED) is 0.185. The van der Waals surface area contributed by atoms with Crippen molar-refractivity contribution in [1.82, 2.24) is 15.1 Å². The Morgan fingerprint density at radius 1 is 0.962 bits per heavy atom. The number of carbonyl (C=O) groups is 7. The maximum absolute atomic E-state index is 14.7. The summed E-state index contributed by atoms with van der Waals surface area (Å²) in [4.78, 5) is 98.7. The molecular formula is C42H63N3O8. The fraction of sp³-hybridized carbons (Fsp3) is 0.786. The van der Waals surface area contributed by atoms with Gasteiger partial charge >= 0.3 is 0 Å². The number of hydrogen-bond donors (Lipinski definition) is 1. The first-order valence-corrected chi connectivity index (χ1v) is 20.2. The van der Waals surface area contributed by atoms with Gasteiger partial charge in [0.2, 0.25) is 23.5 Å². The molecule has 0 aromatic rings. The Kier molecular flexibility index (Phi) is 12.9. The zero-order valence-corrected chi connectivity index (χ0v) is 33.0. The Morgan fingerprint density at radius 2 is 1.60 bits per heavy atom. The molecule has 2 aliphatic carbocycles. The summed E-state index contributed by atoms with van der Waals surface area (Å²) in [5, 5.41) is 2.57. The maximum atomic E-state index is 14.7. The fourth-order valence-corrected chi connectivity index (χ4v) is 9.71. The molecule has 294 valence electrons. The Hall–Kier alpha value is -3.21. The summed E-state index contributed by atoms with van der Waals surface area (Å²) in [5.74, 6) is -4.37. The summed E-state index contributed by atoms with van der Waals surface area (Å²) in [7, 11) is 0. The van der Waals surface area contributed by atoms with Gasteiger partial charge in [0.1, 0.15) is 5.78 Å². The molecule has 5 fully saturated rings. The highest BCUT2D eigenvalue weighted by atomic mass is 16.5. The number of nitrogens with one attached hydrogen (secondary N) is 1. The molecule has 0 aromatic heterocycles. The maximum Gasteiger partial charge on any atom is 0.287 e. The molecule has 3 heterocycles. The number of fused-ring (bicyclic) bond motifs is 5. The van der Waals surface area contributed by atoms with Crippen LogP contribution >= 0.6 is 0 Å². The second kappa shape index (κ2) is 16.7. The SMILES string of the molecule is C=CCNC(=O)C(=O)[C@@H]1CCCCCCCO[C@@H](C)[C@H](CC(=O)C[C@H](CN2C(=O)C3CCC(C3)C2=O)C(C)(C)C)C(=O)N2C[C@H]3[C@@H](C2C(=O)C1)C3(C)C. The zero-order chi connectivity index (χ0) is 38.8. The first-order valence-electron chi connectivity index (χ1n) is 20.2. The number of nitrogens with zero attached hydrogens (tertiary/aromatic N) is 2. The minimum Gasteiger partial charge on any atom is -0.378 e. The van der Waals surface area contributed by atoms with Gasteiger partial charge in [-0.1, -0.05) is 66.4 Å². The number of Topliss-reactive ketones (excluding diaryl/α,β-unsaturated/α-hetero) is 3. The Morgan fingerprint density at radius 3 is 2.25 bits per heavy atom. The van der Waals surface area contributed by atoms with Crippen LogP contribution in [0.15, 0.2) is 12.7 Å². The first-order chi connectivity index (χ1) is 25.0. The number of rotatable bonds is 10. The summed E-state index contributed by atoms with van der Waals surface area (Å²) in [5.41, 5.74) is -0.551. The molecule has 5 rings (SSSR count). The third-order valence-electron chi connectivity index (χ3n) is 13.4. The van der Waals surface area contributed by atoms with Crippen LogP contribution in [0.2, 0.25) is 0 Å². The average Bonchev–Trinajstić information content (AvgIpc) is 3.48. The molecule has 3 unspecified atom stereocenters. The van der Waals surface area contributed by atoms with Crippen molar-refractivity contribution in [3.05, 3.63) is 12.7 Å². The lowest BCUT2D eigenvalue weighted by atomic mass is 9.76. The van der Waals surface area contributed by atoms with Gasteiger partial charge < -0.3 is 15.0 Å². The normalized spacial score (nSPS) is 32.9. The van der Waals surface area contributed by atoms with Gasteiger partial charge in [-0.05, 0) is 67.6 Å². The van der Waals surface area contributed by atoms with Gasteiger partial charge in [-0.3, -0.25) is 38.5 Å². The predicted octanol–water partition coefficient (Wildman–Crippen LogP) is 5.09. The monoisotopic (exact) mass is 737 g/mol. The van der Waals surface area contributed by atoms with Crippen LogP contribution < -0.4 is 5.32 Å². The second-order valence-electron chi connectivity index (χ2n) is 18.4. The molecule has 0 radical (unpaired) electrons. The molecular weight excluding hydrogens is 674 g/mol. The number of likely N-dealkylation sites (tertiary alicyclic amines) is 1. The highest BCUT2D eigenvalue weighted by Gasteiger charge is 2.69. The van der Waals surface area contributed by atoms with Crippen LogP contribution in [0.4, 0.5) is 0 Å². The molecule has 0 aromatic carbocycles. The Balaban J connectivity index is 1.37. The van der Waals surface area contributed by atoms with E-state index in [0.717, 1.165) is 38.5 Å². The van der Waals surface area contributed by atoms with Crippen LogP contribution in [-0.2, 0) is 38.3 Å². The molecule has 0 spiro atoms. The largest absolute Gasteiger partial charge is 0.378 e. The fourth-order valence-electron chi connectivity index (χ4n) is 9.71. The molecule has 11 heteroatoms. The highest BCUT2D eigenvalue weighted by molar-refractivity contribution is 6.37. The van der Waals surface area contributed by atoms with Crippen molar-refractivity contribution in [2.24, 2.45) is 52.3 Å². The molecule has 3 aliphatic heterocycles. The molecule has 1 N–H and O–H groups in total. The first kappa shape index (κ1) is 41.0. The smallest absolute Gasteiger partial charge is 0.287 e. The van der Waals surface area contributed by atoms with E-state index in [-0.39, 0.29) is 96.6 Å². The summed E-state index contributed by atoms with van der Waals surface area (Å²) in [6.07, 6.45) is 7.45. The number of ketones is 3. The van der Waals surface area contributed by atoms with Crippen molar-refractivity contribution in [3.63, 3.8) is 0 Å². The van der Waals surface area contributed by atoms with Crippen LogP contribution in [0, 0.1) is 52.3 Å². The molecule has 11 nitrogen and oxygen atoms in total. The molecule has 5 aliphatic rings. The second-order valence-corrected chi connectivity index (χ2v) is 18.4. The van der Waals surface area contributed by atoms with Gasteiger partial charge in [0.15, 0.2) is 5.78 Å². The summed E-state index contributed by atoms with van der Waals surface area (Å²) in [6.45, 7) is 16.8. The summed E-state index contributed by atoms with van der Waals surface area (Å²) < 4.78 is 6.26. The summed E-state index contributed by atoms with van der Waals surface area (Å²) >= 11 is 0. The van der Waals surface area contributed by atoms with Crippen molar-refractivity contribution < 1.29 is 38.3 Å². The average molecular weight is 738 g/mol. The van der Waals surface area contributed by atoms with E-state index >= 15 is 0 Å². The Labute approximate surface area is 315 Å². The molecule has 2 bridgehead atoms. The van der Waals surface area contributed by atoms with Crippen molar-refractivity contribution in [2.45, 2.75) is 131 Å². The molecule has 2 saturated carbocycles. The van der Waals surface area contributed by atoms with E-state index in [1.807, 2.05) is 27.7 Å². The molecule has 3 saturated heterocycles. The summed E-state index contributed by atoms with van der Waals surface area (Å²) in [6, 6.07) is -0.749. The number of amides is 4. The van der Waals surface area contributed by atoms with Crippen molar-refractivity contribution in [1.29, 1.82) is 0 Å². The van der Waals surface area contributed by atoms with Crippen LogP contribution in [0.5, 0.6) is 0 Å². The van der Waals surface area contributed by atoms with Crippen molar-refractivity contribution in [3.8, 4) is 0 Å². The van der Waals surface area contributed by atoms with E-state index in [2.05, 4.69) is 25.7 Å². The van der Waals surface area contributed by atoms with E-state index in [1.54, 1.807) is 4.90 Å². The topological polar surface area (TPSA) is 147 Å². The minimum atomic E-state index is -0.830. The molecule has 9 atom stereocenters. The lowest BCUT2D eigenvalue weighted by Crippen LogP contribution is -2.51. The van der Waals surface area contributed by atoms with E-state index in [4.69, 9.17) is 4.74 Å². The highest BCUT2D eigenvalue weighted by Crippen LogP contribution is 2.65. The number of ether oxygens (including phenoxy) is 1. The predicted molar refractivity (Wildman–Crippen MR) is 199 cm³/mol. The van der Waals surface area contributed by atoms with Gasteiger partial charge in [-0.25, -0.2) is 0 Å². The van der Waals surface area contributed by atoms with E-state index in [1.165, 1.54) is 11.0 Å². The van der Waals surface area contributed by atoms with E-state index in [0.29, 0.717) is 32.4 Å². The van der Waals surface area contributed by atoms with Gasteiger partial charge in [0.25, 0.3) is 5.91 Å². The standard InChI is InChI=1S/C42H63N3O8/c1-8-17-43-37(49)36(48)26-14-12-10-9-11-13-18-53-25(2)31(40(52)44-24-32-34(42(32,6)7)35(44)33(47)20-26)22-30(46)21-29(41(3,4)5)23-45-38(50)27-15-16-28(19-27)39(45)51/h8,25-29,31-32,34-35H,1,9-24H2,2-7H3,(H,43,49)/t25-,26+,27?,28?,29+,31-,32-,34-,35?/m0/s1. The third-order valence-corrected chi connectivity index (χ3v) is 13.4.